The maximum absolute atomic E-state index is 13.9. The first-order chi connectivity index (χ1) is 8.11. The highest BCUT2D eigenvalue weighted by molar-refractivity contribution is 7.80. The smallest absolute Gasteiger partial charge is 0.147 e. The van der Waals surface area contributed by atoms with Crippen LogP contribution in [0.4, 0.5) is 10.1 Å². The van der Waals surface area contributed by atoms with E-state index < -0.39 is 0 Å². The van der Waals surface area contributed by atoms with Crippen molar-refractivity contribution in [1.82, 2.24) is 0 Å². The average molecular weight is 252 g/mol. The summed E-state index contributed by atoms with van der Waals surface area (Å²) in [7, 11) is 0. The van der Waals surface area contributed by atoms with Gasteiger partial charge in [-0.05, 0) is 30.5 Å². The SMILES string of the molecule is CCC1CCN(c2ccc(C(N)=S)cc2F)C1. The molecular weight excluding hydrogens is 235 g/mol. The predicted molar refractivity (Wildman–Crippen MR) is 72.9 cm³/mol. The topological polar surface area (TPSA) is 29.3 Å². The van der Waals surface area contributed by atoms with Crippen LogP contribution >= 0.6 is 12.2 Å². The fourth-order valence-corrected chi connectivity index (χ4v) is 2.43. The van der Waals surface area contributed by atoms with E-state index in [2.05, 4.69) is 11.8 Å². The van der Waals surface area contributed by atoms with E-state index in [4.69, 9.17) is 18.0 Å². The number of thiocarbonyl (C=S) groups is 1. The Bertz CT molecular complexity index is 433. The number of rotatable bonds is 3. The Hall–Kier alpha value is -1.16. The van der Waals surface area contributed by atoms with Gasteiger partial charge in [-0.3, -0.25) is 0 Å². The lowest BCUT2D eigenvalue weighted by molar-refractivity contribution is 0.567. The Morgan fingerprint density at radius 3 is 2.88 bits per heavy atom. The molecule has 4 heteroatoms. The summed E-state index contributed by atoms with van der Waals surface area (Å²) in [6, 6.07) is 5.00. The lowest BCUT2D eigenvalue weighted by Crippen LogP contribution is -2.21. The zero-order valence-electron chi connectivity index (χ0n) is 9.95. The third kappa shape index (κ3) is 2.57. The fraction of sp³-hybridized carbons (Fsp3) is 0.462. The van der Waals surface area contributed by atoms with Crippen LogP contribution in [0, 0.1) is 11.7 Å². The first-order valence-electron chi connectivity index (χ1n) is 5.96. The van der Waals surface area contributed by atoms with Crippen LogP contribution in [-0.4, -0.2) is 18.1 Å². The second-order valence-electron chi connectivity index (χ2n) is 4.54. The molecule has 92 valence electrons. The summed E-state index contributed by atoms with van der Waals surface area (Å²) in [6.07, 6.45) is 2.30. The van der Waals surface area contributed by atoms with E-state index in [1.165, 1.54) is 6.07 Å². The highest BCUT2D eigenvalue weighted by Crippen LogP contribution is 2.28. The molecule has 1 heterocycles. The summed E-state index contributed by atoms with van der Waals surface area (Å²) in [5, 5.41) is 0. The summed E-state index contributed by atoms with van der Waals surface area (Å²) in [5.74, 6) is 0.455. The van der Waals surface area contributed by atoms with E-state index in [9.17, 15) is 4.39 Å². The standard InChI is InChI=1S/C13H17FN2S/c1-2-9-5-6-16(8-9)12-4-3-10(13(15)17)7-11(12)14/h3-4,7,9H,2,5-6,8H2,1H3,(H2,15,17). The van der Waals surface area contributed by atoms with E-state index in [-0.39, 0.29) is 10.8 Å². The van der Waals surface area contributed by atoms with Crippen molar-refractivity contribution in [2.45, 2.75) is 19.8 Å². The van der Waals surface area contributed by atoms with Gasteiger partial charge in [0.25, 0.3) is 0 Å². The van der Waals surface area contributed by atoms with Crippen LogP contribution in [0.5, 0.6) is 0 Å². The second kappa shape index (κ2) is 5.00. The lowest BCUT2D eigenvalue weighted by atomic mass is 10.1. The Morgan fingerprint density at radius 1 is 1.59 bits per heavy atom. The van der Waals surface area contributed by atoms with Crippen LogP contribution in [0.25, 0.3) is 0 Å². The van der Waals surface area contributed by atoms with Gasteiger partial charge in [0.2, 0.25) is 0 Å². The molecular formula is C13H17FN2S. The van der Waals surface area contributed by atoms with E-state index >= 15 is 0 Å². The Labute approximate surface area is 107 Å². The minimum Gasteiger partial charge on any atom is -0.389 e. The first kappa shape index (κ1) is 12.3. The summed E-state index contributed by atoms with van der Waals surface area (Å²) >= 11 is 4.83. The molecule has 1 aliphatic rings. The number of benzene rings is 1. The van der Waals surface area contributed by atoms with Crippen LogP contribution in [0.3, 0.4) is 0 Å². The maximum Gasteiger partial charge on any atom is 0.147 e. The normalized spacial score (nSPS) is 19.6. The van der Waals surface area contributed by atoms with Crippen molar-refractivity contribution >= 4 is 22.9 Å². The van der Waals surface area contributed by atoms with Gasteiger partial charge in [0.05, 0.1) is 5.69 Å². The van der Waals surface area contributed by atoms with Crippen LogP contribution in [0.15, 0.2) is 18.2 Å². The van der Waals surface area contributed by atoms with Crippen molar-refractivity contribution in [3.63, 3.8) is 0 Å². The number of halogens is 1. The van der Waals surface area contributed by atoms with Crippen LogP contribution in [0.2, 0.25) is 0 Å². The number of anilines is 1. The fourth-order valence-electron chi connectivity index (χ4n) is 2.30. The molecule has 0 saturated carbocycles. The molecule has 0 amide bonds. The van der Waals surface area contributed by atoms with Gasteiger partial charge >= 0.3 is 0 Å². The summed E-state index contributed by atoms with van der Waals surface area (Å²) in [6.45, 7) is 4.06. The van der Waals surface area contributed by atoms with Crippen molar-refractivity contribution in [2.24, 2.45) is 11.7 Å². The Kier molecular flexibility index (Phi) is 3.62. The third-order valence-corrected chi connectivity index (χ3v) is 3.67. The predicted octanol–water partition coefficient (Wildman–Crippen LogP) is 2.70. The van der Waals surface area contributed by atoms with Gasteiger partial charge in [-0.25, -0.2) is 4.39 Å². The van der Waals surface area contributed by atoms with Crippen LogP contribution < -0.4 is 10.6 Å². The summed E-state index contributed by atoms with van der Waals surface area (Å²) < 4.78 is 13.9. The van der Waals surface area contributed by atoms with Gasteiger partial charge in [-0.15, -0.1) is 0 Å². The molecule has 2 nitrogen and oxygen atoms in total. The van der Waals surface area contributed by atoms with Crippen molar-refractivity contribution < 1.29 is 4.39 Å². The van der Waals surface area contributed by atoms with Crippen LogP contribution in [-0.2, 0) is 0 Å². The monoisotopic (exact) mass is 252 g/mol. The molecule has 0 aliphatic carbocycles. The molecule has 0 radical (unpaired) electrons. The molecule has 1 atom stereocenters. The van der Waals surface area contributed by atoms with E-state index in [1.807, 2.05) is 0 Å². The summed E-state index contributed by atoms with van der Waals surface area (Å²) in [5.41, 5.74) is 6.74. The first-order valence-corrected chi connectivity index (χ1v) is 6.37. The highest BCUT2D eigenvalue weighted by atomic mass is 32.1. The quantitative estimate of drug-likeness (QED) is 0.839. The molecule has 1 fully saturated rings. The molecule has 2 rings (SSSR count). The molecule has 0 aromatic heterocycles. The van der Waals surface area contributed by atoms with Crippen molar-refractivity contribution in [3.8, 4) is 0 Å². The zero-order chi connectivity index (χ0) is 12.4. The minimum absolute atomic E-state index is 0.230. The van der Waals surface area contributed by atoms with Gasteiger partial charge in [-0.2, -0.15) is 0 Å². The molecule has 1 aromatic rings. The average Bonchev–Trinajstić information content (AvgIpc) is 2.77. The number of nitrogens with zero attached hydrogens (tertiary/aromatic N) is 1. The highest BCUT2D eigenvalue weighted by Gasteiger charge is 2.23. The number of hydrogen-bond donors (Lipinski definition) is 1. The van der Waals surface area contributed by atoms with Gasteiger partial charge in [-0.1, -0.05) is 25.6 Å². The number of hydrogen-bond acceptors (Lipinski definition) is 2. The van der Waals surface area contributed by atoms with Gasteiger partial charge in [0.1, 0.15) is 10.8 Å². The lowest BCUT2D eigenvalue weighted by Gasteiger charge is -2.19. The molecule has 1 unspecified atom stereocenters. The van der Waals surface area contributed by atoms with Crippen molar-refractivity contribution in [2.75, 3.05) is 18.0 Å². The molecule has 1 aromatic carbocycles. The molecule has 0 bridgehead atoms. The molecule has 0 spiro atoms. The molecule has 1 saturated heterocycles. The Balaban J connectivity index is 2.20. The van der Waals surface area contributed by atoms with Crippen molar-refractivity contribution in [1.29, 1.82) is 0 Å². The number of nitrogens with two attached hydrogens (primary N) is 1. The molecule has 17 heavy (non-hydrogen) atoms. The zero-order valence-corrected chi connectivity index (χ0v) is 10.8. The molecule has 2 N–H and O–H groups in total. The van der Waals surface area contributed by atoms with E-state index in [0.29, 0.717) is 17.2 Å². The van der Waals surface area contributed by atoms with E-state index in [1.54, 1.807) is 12.1 Å². The van der Waals surface area contributed by atoms with Crippen LogP contribution in [0.1, 0.15) is 25.3 Å². The second-order valence-corrected chi connectivity index (χ2v) is 4.98. The largest absolute Gasteiger partial charge is 0.389 e. The summed E-state index contributed by atoms with van der Waals surface area (Å²) in [4.78, 5) is 2.34. The third-order valence-electron chi connectivity index (χ3n) is 3.44. The maximum atomic E-state index is 13.9. The Morgan fingerprint density at radius 2 is 2.35 bits per heavy atom. The molecule has 1 aliphatic heterocycles. The van der Waals surface area contributed by atoms with Gasteiger partial charge in [0.15, 0.2) is 0 Å². The minimum atomic E-state index is -0.230. The van der Waals surface area contributed by atoms with Gasteiger partial charge < -0.3 is 10.6 Å². The van der Waals surface area contributed by atoms with Crippen molar-refractivity contribution in [3.05, 3.63) is 29.6 Å². The van der Waals surface area contributed by atoms with Gasteiger partial charge in [0, 0.05) is 18.7 Å². The van der Waals surface area contributed by atoms with E-state index in [0.717, 1.165) is 25.9 Å².